The monoisotopic (exact) mass is 395 g/mol. The van der Waals surface area contributed by atoms with Gasteiger partial charge in [-0.3, -0.25) is 0 Å². The predicted octanol–water partition coefficient (Wildman–Crippen LogP) is 2.74. The maximum Gasteiger partial charge on any atom is 0.460 e. The van der Waals surface area contributed by atoms with Gasteiger partial charge in [0, 0.05) is 19.7 Å². The summed E-state index contributed by atoms with van der Waals surface area (Å²) in [7, 11) is -3.82. The van der Waals surface area contributed by atoms with Crippen LogP contribution in [0, 0.1) is 0 Å². The summed E-state index contributed by atoms with van der Waals surface area (Å²) in [6.07, 6.45) is -6.36. The first-order valence-electron chi connectivity index (χ1n) is 5.66. The van der Waals surface area contributed by atoms with Crippen LogP contribution in [0.3, 0.4) is 0 Å². The van der Waals surface area contributed by atoms with Gasteiger partial charge in [0.15, 0.2) is 11.0 Å². The lowest BCUT2D eigenvalue weighted by Crippen LogP contribution is -2.63. The Labute approximate surface area is 131 Å². The number of carbonyl (C=O) groups is 1. The minimum atomic E-state index is -7.13. The molecule has 1 unspecified atom stereocenters. The highest BCUT2D eigenvalue weighted by Crippen LogP contribution is 2.54. The van der Waals surface area contributed by atoms with Crippen molar-refractivity contribution in [2.75, 3.05) is 20.2 Å². The number of hydrogen-bond acceptors (Lipinski definition) is 3. The van der Waals surface area contributed by atoms with Crippen LogP contribution < -0.4 is 0 Å². The third-order valence-corrected chi connectivity index (χ3v) is 3.88. The Morgan fingerprint density at radius 3 is 1.92 bits per heavy atom. The lowest BCUT2D eigenvalue weighted by molar-refractivity contribution is -0.382. The molecule has 142 valence electrons. The maximum absolute atomic E-state index is 13.3. The van der Waals surface area contributed by atoms with Gasteiger partial charge in [-0.15, -0.1) is 0 Å². The number of halogens is 9. The molecule has 0 aliphatic heterocycles. The number of carbonyl (C=O) groups excluding carboxylic acids is 1. The van der Waals surface area contributed by atoms with Crippen LogP contribution >= 0.6 is 0 Å². The number of alkyl halides is 9. The van der Waals surface area contributed by atoms with E-state index in [1.54, 1.807) is 0 Å². The first kappa shape index (κ1) is 22.7. The zero-order valence-corrected chi connectivity index (χ0v) is 12.5. The fraction of sp³-hybridized carbons (Fsp3) is 0.700. The van der Waals surface area contributed by atoms with E-state index in [1.807, 2.05) is 0 Å². The van der Waals surface area contributed by atoms with Gasteiger partial charge < -0.3 is 4.74 Å². The van der Waals surface area contributed by atoms with Crippen molar-refractivity contribution in [1.82, 2.24) is 4.31 Å². The summed E-state index contributed by atoms with van der Waals surface area (Å²) in [5.74, 6) is -15.2. The molecule has 0 aromatic carbocycles. The summed E-state index contributed by atoms with van der Waals surface area (Å²) in [4.78, 5) is 10.6. The lowest BCUT2D eigenvalue weighted by atomic mass is 10.1. The largest absolute Gasteiger partial charge is 0.461 e. The normalized spacial score (nSPS) is 15.3. The fourth-order valence-electron chi connectivity index (χ4n) is 1.08. The highest BCUT2D eigenvalue weighted by Gasteiger charge is 2.83. The van der Waals surface area contributed by atoms with Crippen LogP contribution in [0.1, 0.15) is 0 Å². The van der Waals surface area contributed by atoms with Crippen molar-refractivity contribution >= 4 is 17.0 Å². The number of esters is 1. The Morgan fingerprint density at radius 1 is 1.08 bits per heavy atom. The average molecular weight is 395 g/mol. The van der Waals surface area contributed by atoms with Gasteiger partial charge in [-0.2, -0.15) is 39.5 Å². The van der Waals surface area contributed by atoms with Gasteiger partial charge in [0.05, 0.1) is 0 Å². The van der Waals surface area contributed by atoms with E-state index < -0.39 is 53.4 Å². The molecule has 0 saturated heterocycles. The van der Waals surface area contributed by atoms with Gasteiger partial charge in [0.25, 0.3) is 0 Å². The molecule has 0 spiro atoms. The molecule has 4 nitrogen and oxygen atoms in total. The summed E-state index contributed by atoms with van der Waals surface area (Å²) >= 11 is 0. The molecule has 0 aromatic heterocycles. The number of hydrogen-bond donors (Lipinski definition) is 0. The third-order valence-electron chi connectivity index (χ3n) is 2.44. The van der Waals surface area contributed by atoms with E-state index in [4.69, 9.17) is 0 Å². The molecular weight excluding hydrogens is 385 g/mol. The highest BCUT2D eigenvalue weighted by atomic mass is 32.2. The molecule has 0 radical (unpaired) electrons. The lowest BCUT2D eigenvalue weighted by Gasteiger charge is -2.34. The first-order chi connectivity index (χ1) is 10.5. The number of likely N-dealkylation sites (N-methyl/N-ethyl adjacent to an activating group) is 1. The molecule has 1 atom stereocenters. The molecule has 0 amide bonds. The van der Waals surface area contributed by atoms with E-state index in [0.717, 1.165) is 0 Å². The molecular formula is C10H10F9NO3S. The number of ether oxygens (including phenoxy) is 1. The van der Waals surface area contributed by atoms with Crippen molar-refractivity contribution in [3.8, 4) is 0 Å². The van der Waals surface area contributed by atoms with E-state index in [1.165, 1.54) is 0 Å². The molecule has 0 saturated carbocycles. The standard InChI is InChI=1S/C10H10F9NO3S/c1-3-6(21)23-5-4-20(2)24(22)10(18,19)8(13,14)7(11,12)9(15,16)17/h3H,1,4-5H2,2H3. The minimum Gasteiger partial charge on any atom is -0.461 e. The van der Waals surface area contributed by atoms with Gasteiger partial charge >= 0.3 is 29.2 Å². The smallest absolute Gasteiger partial charge is 0.460 e. The summed E-state index contributed by atoms with van der Waals surface area (Å²) in [5.41, 5.74) is 0. The Kier molecular flexibility index (Phi) is 6.89. The van der Waals surface area contributed by atoms with Crippen LogP contribution in [0.15, 0.2) is 12.7 Å². The third kappa shape index (κ3) is 4.20. The van der Waals surface area contributed by atoms with Gasteiger partial charge in [-0.05, 0) is 0 Å². The highest BCUT2D eigenvalue weighted by molar-refractivity contribution is 7.83. The second-order valence-electron chi connectivity index (χ2n) is 4.14. The van der Waals surface area contributed by atoms with E-state index in [0.29, 0.717) is 13.1 Å². The molecule has 0 aliphatic carbocycles. The van der Waals surface area contributed by atoms with Gasteiger partial charge in [0.1, 0.15) is 6.61 Å². The van der Waals surface area contributed by atoms with Crippen molar-refractivity contribution in [3.63, 3.8) is 0 Å². The van der Waals surface area contributed by atoms with E-state index in [2.05, 4.69) is 11.3 Å². The molecule has 0 rings (SSSR count). The summed E-state index contributed by atoms with van der Waals surface area (Å²) < 4.78 is 129. The quantitative estimate of drug-likeness (QED) is 0.361. The molecule has 0 bridgehead atoms. The first-order valence-corrected chi connectivity index (χ1v) is 6.77. The molecule has 0 heterocycles. The Morgan fingerprint density at radius 2 is 1.54 bits per heavy atom. The second-order valence-corrected chi connectivity index (χ2v) is 5.77. The average Bonchev–Trinajstić information content (AvgIpc) is 2.44. The van der Waals surface area contributed by atoms with Crippen LogP contribution in [0.5, 0.6) is 0 Å². The summed E-state index contributed by atoms with van der Waals surface area (Å²) in [6.45, 7) is 1.25. The van der Waals surface area contributed by atoms with Crippen molar-refractivity contribution in [2.24, 2.45) is 0 Å². The van der Waals surface area contributed by atoms with Crippen LogP contribution in [-0.4, -0.2) is 58.0 Å². The second kappa shape index (κ2) is 7.29. The van der Waals surface area contributed by atoms with Crippen molar-refractivity contribution in [1.29, 1.82) is 0 Å². The molecule has 0 fully saturated rings. The maximum atomic E-state index is 13.3. The molecule has 0 aromatic rings. The predicted molar refractivity (Wildman–Crippen MR) is 62.8 cm³/mol. The number of rotatable bonds is 8. The van der Waals surface area contributed by atoms with Crippen LogP contribution in [0.4, 0.5) is 39.5 Å². The van der Waals surface area contributed by atoms with Crippen molar-refractivity contribution < 1.29 is 53.3 Å². The SMILES string of the molecule is C=CC(=O)OCCN(C)S(=O)C(F)(F)C(F)(F)C(F)(F)C(F)(F)F. The van der Waals surface area contributed by atoms with E-state index >= 15 is 0 Å². The molecule has 14 heteroatoms. The zero-order valence-electron chi connectivity index (χ0n) is 11.7. The van der Waals surface area contributed by atoms with Gasteiger partial charge in [-0.25, -0.2) is 13.3 Å². The van der Waals surface area contributed by atoms with Crippen LogP contribution in [0.25, 0.3) is 0 Å². The summed E-state index contributed by atoms with van der Waals surface area (Å²) in [5, 5.41) is -6.26. The fourth-order valence-corrected chi connectivity index (χ4v) is 2.06. The Balaban J connectivity index is 5.31. The molecule has 0 aliphatic rings. The molecule has 0 N–H and O–H groups in total. The van der Waals surface area contributed by atoms with Crippen LogP contribution in [0.2, 0.25) is 0 Å². The van der Waals surface area contributed by atoms with Gasteiger partial charge in [-0.1, -0.05) is 6.58 Å². The number of nitrogens with zero attached hydrogens (tertiary/aromatic N) is 1. The topological polar surface area (TPSA) is 46.6 Å². The van der Waals surface area contributed by atoms with Crippen LogP contribution in [-0.2, 0) is 20.5 Å². The summed E-state index contributed by atoms with van der Waals surface area (Å²) in [6, 6.07) is 0. The minimum absolute atomic E-state index is 0.170. The van der Waals surface area contributed by atoms with Crippen molar-refractivity contribution in [3.05, 3.63) is 12.7 Å². The van der Waals surface area contributed by atoms with Gasteiger partial charge in [0.2, 0.25) is 0 Å². The Bertz CT molecular complexity index is 506. The Hall–Kier alpha value is -1.31. The van der Waals surface area contributed by atoms with E-state index in [9.17, 15) is 48.5 Å². The zero-order chi connectivity index (χ0) is 19.6. The van der Waals surface area contributed by atoms with E-state index in [-0.39, 0.29) is 4.31 Å². The van der Waals surface area contributed by atoms with Crippen molar-refractivity contribution in [2.45, 2.75) is 23.3 Å². The molecule has 24 heavy (non-hydrogen) atoms.